The molecule has 0 aromatic carbocycles. The normalized spacial score (nSPS) is 25.7. The Labute approximate surface area is 120 Å². The zero-order valence-electron chi connectivity index (χ0n) is 12.6. The van der Waals surface area contributed by atoms with Crippen LogP contribution in [0.15, 0.2) is 0 Å². The van der Waals surface area contributed by atoms with E-state index in [2.05, 4.69) is 26.1 Å². The first-order valence-corrected chi connectivity index (χ1v) is 8.33. The number of carbonyl (C=O) groups excluding carboxylic acids is 2. The van der Waals surface area contributed by atoms with Gasteiger partial charge in [-0.2, -0.15) is 11.8 Å². The fourth-order valence-corrected chi connectivity index (χ4v) is 2.74. The minimum atomic E-state index is -0.343. The van der Waals surface area contributed by atoms with Crippen molar-refractivity contribution >= 4 is 23.6 Å². The van der Waals surface area contributed by atoms with Crippen LogP contribution in [0.25, 0.3) is 0 Å². The molecule has 19 heavy (non-hydrogen) atoms. The third-order valence-corrected chi connectivity index (χ3v) is 4.48. The van der Waals surface area contributed by atoms with Gasteiger partial charge in [-0.25, -0.2) is 0 Å². The van der Waals surface area contributed by atoms with Gasteiger partial charge in [0, 0.05) is 11.8 Å². The summed E-state index contributed by atoms with van der Waals surface area (Å²) in [6, 6.07) is -0.644. The van der Waals surface area contributed by atoms with Gasteiger partial charge in [0.25, 0.3) is 0 Å². The molecule has 4 nitrogen and oxygen atoms in total. The lowest BCUT2D eigenvalue weighted by Gasteiger charge is -2.40. The van der Waals surface area contributed by atoms with Crippen molar-refractivity contribution in [3.63, 3.8) is 0 Å². The van der Waals surface area contributed by atoms with Gasteiger partial charge in [-0.3, -0.25) is 9.59 Å². The number of nitrogens with zero attached hydrogens (tertiary/aromatic N) is 1. The standard InChI is InChI=1S/C14H26N2O2S/c1-6-12-13(17)15-11(7-9(2)3)14(18)16(12)8-10(4)19-5/h9-12H,6-8H2,1-5H3,(H,15,17). The monoisotopic (exact) mass is 286 g/mol. The summed E-state index contributed by atoms with van der Waals surface area (Å²) in [4.78, 5) is 26.4. The Kier molecular flexibility index (Phi) is 6.17. The van der Waals surface area contributed by atoms with Gasteiger partial charge >= 0.3 is 0 Å². The first kappa shape index (κ1) is 16.3. The third kappa shape index (κ3) is 4.13. The number of hydrogen-bond acceptors (Lipinski definition) is 3. The molecule has 0 aliphatic carbocycles. The van der Waals surface area contributed by atoms with Crippen LogP contribution in [0, 0.1) is 5.92 Å². The molecule has 110 valence electrons. The lowest BCUT2D eigenvalue weighted by Crippen LogP contribution is -2.64. The number of thioether (sulfide) groups is 1. The van der Waals surface area contributed by atoms with Crippen molar-refractivity contribution < 1.29 is 9.59 Å². The molecule has 1 rings (SSSR count). The van der Waals surface area contributed by atoms with E-state index in [1.807, 2.05) is 13.2 Å². The molecule has 0 bridgehead atoms. The molecular weight excluding hydrogens is 260 g/mol. The molecule has 5 heteroatoms. The predicted molar refractivity (Wildman–Crippen MR) is 80.2 cm³/mol. The molecule has 1 saturated heterocycles. The Bertz CT molecular complexity index is 333. The highest BCUT2D eigenvalue weighted by Gasteiger charge is 2.39. The molecule has 3 unspecified atom stereocenters. The molecule has 1 aliphatic rings. The second-order valence-corrected chi connectivity index (χ2v) is 6.93. The summed E-state index contributed by atoms with van der Waals surface area (Å²) in [7, 11) is 0. The third-order valence-electron chi connectivity index (χ3n) is 3.53. The topological polar surface area (TPSA) is 49.4 Å². The van der Waals surface area contributed by atoms with Crippen molar-refractivity contribution in [1.82, 2.24) is 10.2 Å². The summed E-state index contributed by atoms with van der Waals surface area (Å²) < 4.78 is 0. The molecular formula is C14H26N2O2S. The molecule has 0 spiro atoms. The minimum Gasteiger partial charge on any atom is -0.342 e. The van der Waals surface area contributed by atoms with Gasteiger partial charge in [0.2, 0.25) is 11.8 Å². The van der Waals surface area contributed by atoms with Crippen LogP contribution in [0.3, 0.4) is 0 Å². The fourth-order valence-electron chi connectivity index (χ4n) is 2.43. The molecule has 0 saturated carbocycles. The largest absolute Gasteiger partial charge is 0.342 e. The van der Waals surface area contributed by atoms with Crippen molar-refractivity contribution in [2.45, 2.75) is 57.9 Å². The summed E-state index contributed by atoms with van der Waals surface area (Å²) in [6.07, 6.45) is 3.42. The summed E-state index contributed by atoms with van der Waals surface area (Å²) in [5, 5.41) is 3.23. The van der Waals surface area contributed by atoms with Gasteiger partial charge in [-0.05, 0) is 25.0 Å². The number of rotatable bonds is 6. The van der Waals surface area contributed by atoms with Crippen molar-refractivity contribution in [1.29, 1.82) is 0 Å². The molecule has 0 aromatic rings. The van der Waals surface area contributed by atoms with E-state index >= 15 is 0 Å². The summed E-state index contributed by atoms with van der Waals surface area (Å²) in [5.41, 5.74) is 0. The van der Waals surface area contributed by atoms with Crippen LogP contribution < -0.4 is 5.32 Å². The second kappa shape index (κ2) is 7.17. The molecule has 3 atom stereocenters. The van der Waals surface area contributed by atoms with E-state index in [0.29, 0.717) is 30.6 Å². The van der Waals surface area contributed by atoms with Crippen LogP contribution in [-0.4, -0.2) is 46.8 Å². The van der Waals surface area contributed by atoms with Gasteiger partial charge in [0.1, 0.15) is 12.1 Å². The predicted octanol–water partition coefficient (Wildman–Crippen LogP) is 1.89. The van der Waals surface area contributed by atoms with Crippen LogP contribution in [-0.2, 0) is 9.59 Å². The second-order valence-electron chi connectivity index (χ2n) is 5.65. The average molecular weight is 286 g/mol. The number of hydrogen-bond donors (Lipinski definition) is 1. The molecule has 1 aliphatic heterocycles. The quantitative estimate of drug-likeness (QED) is 0.811. The van der Waals surface area contributed by atoms with Crippen LogP contribution in [0.5, 0.6) is 0 Å². The first-order chi connectivity index (χ1) is 8.90. The van der Waals surface area contributed by atoms with Crippen LogP contribution in [0.2, 0.25) is 0 Å². The Hall–Kier alpha value is -0.710. The smallest absolute Gasteiger partial charge is 0.245 e. The van der Waals surface area contributed by atoms with Gasteiger partial charge < -0.3 is 10.2 Å². The molecule has 0 radical (unpaired) electrons. The van der Waals surface area contributed by atoms with Crippen LogP contribution in [0.1, 0.15) is 40.5 Å². The fraction of sp³-hybridized carbons (Fsp3) is 0.857. The zero-order chi connectivity index (χ0) is 14.6. The Morgan fingerprint density at radius 1 is 1.32 bits per heavy atom. The van der Waals surface area contributed by atoms with Crippen molar-refractivity contribution in [3.8, 4) is 0 Å². The van der Waals surface area contributed by atoms with E-state index in [1.54, 1.807) is 16.7 Å². The molecule has 1 fully saturated rings. The highest BCUT2D eigenvalue weighted by molar-refractivity contribution is 7.99. The first-order valence-electron chi connectivity index (χ1n) is 7.04. The minimum absolute atomic E-state index is 0.000975. The zero-order valence-corrected chi connectivity index (χ0v) is 13.4. The molecule has 1 N–H and O–H groups in total. The molecule has 2 amide bonds. The van der Waals surface area contributed by atoms with E-state index in [9.17, 15) is 9.59 Å². The number of nitrogens with one attached hydrogen (secondary N) is 1. The number of carbonyl (C=O) groups is 2. The highest BCUT2D eigenvalue weighted by atomic mass is 32.2. The Balaban J connectivity index is 2.86. The SMILES string of the molecule is CCC1C(=O)NC(CC(C)C)C(=O)N1CC(C)SC. The van der Waals surface area contributed by atoms with E-state index in [4.69, 9.17) is 0 Å². The average Bonchev–Trinajstić information content (AvgIpc) is 2.34. The summed E-state index contributed by atoms with van der Waals surface area (Å²) in [5.74, 6) is 0.481. The van der Waals surface area contributed by atoms with Crippen LogP contribution >= 0.6 is 11.8 Å². The van der Waals surface area contributed by atoms with Crippen molar-refractivity contribution in [2.24, 2.45) is 5.92 Å². The van der Waals surface area contributed by atoms with Crippen molar-refractivity contribution in [3.05, 3.63) is 0 Å². The maximum atomic E-state index is 12.5. The van der Waals surface area contributed by atoms with Gasteiger partial charge in [-0.15, -0.1) is 0 Å². The van der Waals surface area contributed by atoms with Crippen LogP contribution in [0.4, 0.5) is 0 Å². The number of piperazine rings is 1. The summed E-state index contributed by atoms with van der Waals surface area (Å²) in [6.45, 7) is 8.84. The lowest BCUT2D eigenvalue weighted by molar-refractivity contribution is -0.149. The van der Waals surface area contributed by atoms with E-state index in [0.717, 1.165) is 0 Å². The van der Waals surface area contributed by atoms with Gasteiger partial charge in [0.05, 0.1) is 0 Å². The Morgan fingerprint density at radius 2 is 1.95 bits per heavy atom. The highest BCUT2D eigenvalue weighted by Crippen LogP contribution is 2.20. The Morgan fingerprint density at radius 3 is 2.42 bits per heavy atom. The summed E-state index contributed by atoms with van der Waals surface area (Å²) >= 11 is 1.72. The molecule has 1 heterocycles. The maximum Gasteiger partial charge on any atom is 0.245 e. The lowest BCUT2D eigenvalue weighted by atomic mass is 9.97. The molecule has 0 aromatic heterocycles. The van der Waals surface area contributed by atoms with E-state index < -0.39 is 0 Å². The maximum absolute atomic E-state index is 12.5. The van der Waals surface area contributed by atoms with Gasteiger partial charge in [0.15, 0.2) is 0 Å². The van der Waals surface area contributed by atoms with Crippen molar-refractivity contribution in [2.75, 3.05) is 12.8 Å². The van der Waals surface area contributed by atoms with E-state index in [-0.39, 0.29) is 23.9 Å². The van der Waals surface area contributed by atoms with Gasteiger partial charge in [-0.1, -0.05) is 27.7 Å². The van der Waals surface area contributed by atoms with E-state index in [1.165, 1.54) is 0 Å². The number of amides is 2.